The maximum Gasteiger partial charge on any atom is 0.0446 e. The van der Waals surface area contributed by atoms with Gasteiger partial charge in [0, 0.05) is 30.9 Å². The summed E-state index contributed by atoms with van der Waals surface area (Å²) in [6.07, 6.45) is 1.05. The van der Waals surface area contributed by atoms with Crippen molar-refractivity contribution in [2.24, 2.45) is 5.92 Å². The Morgan fingerprint density at radius 1 is 0.952 bits per heavy atom. The minimum atomic E-state index is 0.624. The van der Waals surface area contributed by atoms with Gasteiger partial charge in [-0.2, -0.15) is 0 Å². The predicted molar refractivity (Wildman–Crippen MR) is 90.4 cm³/mol. The fourth-order valence-electron chi connectivity index (χ4n) is 3.37. The van der Waals surface area contributed by atoms with E-state index in [1.807, 2.05) is 0 Å². The van der Waals surface area contributed by atoms with Crippen molar-refractivity contribution in [1.29, 1.82) is 0 Å². The van der Waals surface area contributed by atoms with Gasteiger partial charge >= 0.3 is 0 Å². The smallest absolute Gasteiger partial charge is 0.0446 e. The van der Waals surface area contributed by atoms with Crippen LogP contribution < -0.4 is 4.90 Å². The molecule has 2 heteroatoms. The number of anilines is 2. The van der Waals surface area contributed by atoms with Gasteiger partial charge in [0.15, 0.2) is 0 Å². The molecule has 1 unspecified atom stereocenters. The van der Waals surface area contributed by atoms with E-state index in [1.54, 1.807) is 0 Å². The lowest BCUT2D eigenvalue weighted by Gasteiger charge is -2.35. The van der Waals surface area contributed by atoms with Crippen LogP contribution in [0.5, 0.6) is 0 Å². The van der Waals surface area contributed by atoms with Gasteiger partial charge in [-0.3, -0.25) is 0 Å². The lowest BCUT2D eigenvalue weighted by molar-refractivity contribution is 0.343. The minimum absolute atomic E-state index is 0.624. The van der Waals surface area contributed by atoms with E-state index in [0.29, 0.717) is 5.92 Å². The molecule has 110 valence electrons. The highest BCUT2D eigenvalue weighted by atomic mass is 15.2. The fraction of sp³-hybridized carbons (Fsp3) is 0.368. The maximum atomic E-state index is 2.50. The number of benzene rings is 2. The molecule has 2 aromatic rings. The van der Waals surface area contributed by atoms with Crippen molar-refractivity contribution < 1.29 is 0 Å². The molecule has 0 saturated carbocycles. The molecular weight excluding hydrogens is 256 g/mol. The summed E-state index contributed by atoms with van der Waals surface area (Å²) in [6, 6.07) is 17.6. The molecule has 1 atom stereocenters. The first kappa shape index (κ1) is 14.2. The molecule has 1 aliphatic rings. The topological polar surface area (TPSA) is 6.48 Å². The van der Waals surface area contributed by atoms with E-state index < -0.39 is 0 Å². The molecule has 21 heavy (non-hydrogen) atoms. The largest absolute Gasteiger partial charge is 0.341 e. The van der Waals surface area contributed by atoms with E-state index >= 15 is 0 Å². The molecule has 2 aromatic carbocycles. The molecule has 0 amide bonds. The molecule has 0 aromatic heterocycles. The van der Waals surface area contributed by atoms with Gasteiger partial charge in [0.05, 0.1) is 0 Å². The summed E-state index contributed by atoms with van der Waals surface area (Å²) >= 11 is 0. The number of hydrogen-bond acceptors (Lipinski definition) is 2. The average molecular weight is 280 g/mol. The summed E-state index contributed by atoms with van der Waals surface area (Å²) in [6.45, 7) is 4.51. The van der Waals surface area contributed by atoms with Crippen LogP contribution >= 0.6 is 0 Å². The Morgan fingerprint density at radius 3 is 2.00 bits per heavy atom. The van der Waals surface area contributed by atoms with E-state index in [-0.39, 0.29) is 0 Å². The van der Waals surface area contributed by atoms with Gasteiger partial charge in [0.25, 0.3) is 0 Å². The van der Waals surface area contributed by atoms with Crippen LogP contribution in [0.2, 0.25) is 0 Å². The quantitative estimate of drug-likeness (QED) is 0.837. The molecule has 0 fully saturated rings. The summed E-state index contributed by atoms with van der Waals surface area (Å²) in [5.74, 6) is 0.624. The van der Waals surface area contributed by atoms with Gasteiger partial charge in [-0.25, -0.2) is 0 Å². The van der Waals surface area contributed by atoms with Gasteiger partial charge < -0.3 is 9.80 Å². The number of hydrogen-bond donors (Lipinski definition) is 0. The molecule has 0 aliphatic carbocycles. The lowest BCUT2D eigenvalue weighted by Crippen LogP contribution is -2.32. The van der Waals surface area contributed by atoms with Crippen molar-refractivity contribution in [3.05, 3.63) is 59.7 Å². The zero-order chi connectivity index (χ0) is 14.8. The van der Waals surface area contributed by atoms with Crippen molar-refractivity contribution in [1.82, 2.24) is 4.90 Å². The third kappa shape index (κ3) is 2.96. The minimum Gasteiger partial charge on any atom is -0.341 e. The lowest BCUT2D eigenvalue weighted by atomic mass is 9.94. The van der Waals surface area contributed by atoms with Crippen LogP contribution in [-0.2, 0) is 6.42 Å². The maximum absolute atomic E-state index is 2.50. The summed E-state index contributed by atoms with van der Waals surface area (Å²) < 4.78 is 0. The third-order valence-electron chi connectivity index (χ3n) is 4.12. The molecule has 0 spiro atoms. The second-order valence-corrected chi connectivity index (χ2v) is 6.41. The highest BCUT2D eigenvalue weighted by Crippen LogP contribution is 2.38. The standard InChI is InChI=1S/C19H24N2/c1-15(13-20(2)3)14-21-18-10-6-4-8-16(18)12-17-9-5-7-11-19(17)21/h4-11,15H,12-14H2,1-3H3. The summed E-state index contributed by atoms with van der Waals surface area (Å²) in [5, 5.41) is 0. The average Bonchev–Trinajstić information content (AvgIpc) is 2.46. The van der Waals surface area contributed by atoms with Crippen LogP contribution in [0.15, 0.2) is 48.5 Å². The Balaban J connectivity index is 1.95. The van der Waals surface area contributed by atoms with Crippen molar-refractivity contribution in [3.63, 3.8) is 0 Å². The Bertz CT molecular complexity index is 573. The molecule has 0 N–H and O–H groups in total. The summed E-state index contributed by atoms with van der Waals surface area (Å²) in [5.41, 5.74) is 5.63. The Kier molecular flexibility index (Phi) is 3.98. The van der Waals surface area contributed by atoms with E-state index in [9.17, 15) is 0 Å². The first-order valence-corrected chi connectivity index (χ1v) is 7.73. The number of rotatable bonds is 4. The predicted octanol–water partition coefficient (Wildman–Crippen LogP) is 3.93. The molecule has 0 saturated heterocycles. The molecular formula is C19H24N2. The van der Waals surface area contributed by atoms with Crippen LogP contribution in [0.1, 0.15) is 18.1 Å². The van der Waals surface area contributed by atoms with Gasteiger partial charge in [0.2, 0.25) is 0 Å². The fourth-order valence-corrected chi connectivity index (χ4v) is 3.37. The van der Waals surface area contributed by atoms with Gasteiger partial charge in [-0.1, -0.05) is 43.3 Å². The number of fused-ring (bicyclic) bond motifs is 2. The van der Waals surface area contributed by atoms with Crippen LogP contribution in [0.25, 0.3) is 0 Å². The van der Waals surface area contributed by atoms with Gasteiger partial charge in [0.1, 0.15) is 0 Å². The molecule has 2 nitrogen and oxygen atoms in total. The van der Waals surface area contributed by atoms with Crippen molar-refractivity contribution >= 4 is 11.4 Å². The van der Waals surface area contributed by atoms with E-state index in [1.165, 1.54) is 22.5 Å². The van der Waals surface area contributed by atoms with Crippen molar-refractivity contribution in [3.8, 4) is 0 Å². The first-order chi connectivity index (χ1) is 10.1. The second kappa shape index (κ2) is 5.90. The van der Waals surface area contributed by atoms with Crippen LogP contribution in [0.4, 0.5) is 11.4 Å². The van der Waals surface area contributed by atoms with Crippen LogP contribution in [-0.4, -0.2) is 32.1 Å². The summed E-state index contributed by atoms with van der Waals surface area (Å²) in [4.78, 5) is 4.77. The van der Waals surface area contributed by atoms with E-state index in [4.69, 9.17) is 0 Å². The summed E-state index contributed by atoms with van der Waals surface area (Å²) in [7, 11) is 4.29. The Hall–Kier alpha value is -1.80. The Morgan fingerprint density at radius 2 is 1.48 bits per heavy atom. The zero-order valence-corrected chi connectivity index (χ0v) is 13.2. The zero-order valence-electron chi connectivity index (χ0n) is 13.2. The molecule has 0 bridgehead atoms. The molecule has 3 rings (SSSR count). The SMILES string of the molecule is CC(CN(C)C)CN1c2ccccc2Cc2ccccc21. The third-order valence-corrected chi connectivity index (χ3v) is 4.12. The molecule has 0 radical (unpaired) electrons. The number of para-hydroxylation sites is 2. The first-order valence-electron chi connectivity index (χ1n) is 7.73. The van der Waals surface area contributed by atoms with Gasteiger partial charge in [-0.15, -0.1) is 0 Å². The molecule has 1 heterocycles. The van der Waals surface area contributed by atoms with E-state index in [2.05, 4.69) is 79.3 Å². The van der Waals surface area contributed by atoms with Crippen molar-refractivity contribution in [2.75, 3.05) is 32.1 Å². The van der Waals surface area contributed by atoms with Crippen LogP contribution in [0, 0.1) is 5.92 Å². The normalized spacial score (nSPS) is 14.8. The second-order valence-electron chi connectivity index (χ2n) is 6.41. The monoisotopic (exact) mass is 280 g/mol. The van der Waals surface area contributed by atoms with E-state index in [0.717, 1.165) is 19.5 Å². The van der Waals surface area contributed by atoms with Crippen LogP contribution in [0.3, 0.4) is 0 Å². The molecule has 1 aliphatic heterocycles. The number of nitrogens with zero attached hydrogens (tertiary/aromatic N) is 2. The Labute approximate surface area is 128 Å². The highest BCUT2D eigenvalue weighted by Gasteiger charge is 2.23. The van der Waals surface area contributed by atoms with Crippen molar-refractivity contribution in [2.45, 2.75) is 13.3 Å². The van der Waals surface area contributed by atoms with Gasteiger partial charge in [-0.05, 0) is 43.3 Å². The highest BCUT2D eigenvalue weighted by molar-refractivity contribution is 5.74.